The lowest BCUT2D eigenvalue weighted by Gasteiger charge is -2.51. The van der Waals surface area contributed by atoms with Crippen molar-refractivity contribution in [1.82, 2.24) is 4.57 Å². The van der Waals surface area contributed by atoms with E-state index < -0.39 is 5.41 Å². The SMILES string of the molecule is Cc1cc2c3c4c1c1cc5ccccc5cc1n4-c1c(sc4cc5c(cc14)C(C)(C)CCC5(C)C)B3N1c3ccccc3C(c3ccccc3)(c3ccccc3)c3cccc-2c31. The first kappa shape index (κ1) is 35.3. The van der Waals surface area contributed by atoms with Gasteiger partial charge in [-0.25, -0.2) is 0 Å². The van der Waals surface area contributed by atoms with Crippen molar-refractivity contribution in [3.63, 3.8) is 0 Å². The van der Waals surface area contributed by atoms with Crippen molar-refractivity contribution in [2.24, 2.45) is 0 Å². The average Bonchev–Trinajstić information content (AvgIpc) is 3.83. The highest BCUT2D eigenvalue weighted by atomic mass is 32.1. The largest absolute Gasteiger partial charge is 0.375 e. The van der Waals surface area contributed by atoms with Crippen molar-refractivity contribution in [3.05, 3.63) is 197 Å². The van der Waals surface area contributed by atoms with Crippen LogP contribution >= 0.6 is 11.3 Å². The second-order valence-corrected chi connectivity index (χ2v) is 21.0. The van der Waals surface area contributed by atoms with Gasteiger partial charge in [0.2, 0.25) is 0 Å². The molecule has 3 aliphatic heterocycles. The van der Waals surface area contributed by atoms with E-state index in [1.807, 2.05) is 11.3 Å². The molecule has 14 rings (SSSR count). The predicted octanol–water partition coefficient (Wildman–Crippen LogP) is 13.7. The number of para-hydroxylation sites is 2. The Hall–Kier alpha value is -6.36. The number of hydrogen-bond acceptors (Lipinski definition) is 2. The van der Waals surface area contributed by atoms with E-state index in [-0.39, 0.29) is 17.7 Å². The fraction of sp³-hybridized carbons (Fsp3) is 0.172. The number of nitrogens with zero attached hydrogens (tertiary/aromatic N) is 2. The first-order valence-electron chi connectivity index (χ1n) is 22.4. The van der Waals surface area contributed by atoms with Gasteiger partial charge < -0.3 is 9.38 Å². The molecule has 0 saturated heterocycles. The zero-order valence-corrected chi connectivity index (χ0v) is 36.6. The van der Waals surface area contributed by atoms with Crippen LogP contribution in [0.3, 0.4) is 0 Å². The molecule has 0 radical (unpaired) electrons. The summed E-state index contributed by atoms with van der Waals surface area (Å²) in [6, 6.07) is 60.8. The van der Waals surface area contributed by atoms with E-state index in [0.717, 1.165) is 0 Å². The third kappa shape index (κ3) is 4.18. The summed E-state index contributed by atoms with van der Waals surface area (Å²) < 4.78 is 5.56. The van der Waals surface area contributed by atoms with Crippen molar-refractivity contribution < 1.29 is 0 Å². The minimum atomic E-state index is -0.527. The fourth-order valence-corrected chi connectivity index (χ4v) is 14.1. The van der Waals surface area contributed by atoms with Gasteiger partial charge in [0.05, 0.1) is 22.1 Å². The Morgan fingerprint density at radius 3 is 1.90 bits per heavy atom. The molecule has 62 heavy (non-hydrogen) atoms. The number of aromatic nitrogens is 1. The second-order valence-electron chi connectivity index (χ2n) is 19.9. The van der Waals surface area contributed by atoms with E-state index in [4.69, 9.17) is 0 Å². The van der Waals surface area contributed by atoms with Gasteiger partial charge in [-0.2, -0.15) is 0 Å². The van der Waals surface area contributed by atoms with Crippen LogP contribution in [0.2, 0.25) is 0 Å². The summed E-state index contributed by atoms with van der Waals surface area (Å²) in [4.78, 5) is 2.79. The molecule has 0 spiro atoms. The number of benzene rings is 8. The Labute approximate surface area is 367 Å². The molecule has 2 nitrogen and oxygen atoms in total. The normalized spacial score (nSPS) is 17.0. The highest BCUT2D eigenvalue weighted by Crippen LogP contribution is 2.60. The molecular weight excluding hydrogens is 768 g/mol. The Kier molecular flexibility index (Phi) is 6.69. The molecule has 0 atom stereocenters. The lowest BCUT2D eigenvalue weighted by atomic mass is 9.45. The van der Waals surface area contributed by atoms with E-state index >= 15 is 0 Å². The molecule has 0 amide bonds. The van der Waals surface area contributed by atoms with Gasteiger partial charge in [-0.1, -0.05) is 155 Å². The second kappa shape index (κ2) is 11.8. The van der Waals surface area contributed by atoms with Gasteiger partial charge >= 0.3 is 6.85 Å². The molecule has 5 heterocycles. The van der Waals surface area contributed by atoms with Gasteiger partial charge in [-0.3, -0.25) is 0 Å². The zero-order valence-electron chi connectivity index (χ0n) is 35.8. The van der Waals surface area contributed by atoms with Crippen LogP contribution in [-0.4, -0.2) is 11.4 Å². The number of thiophene rings is 1. The molecule has 2 aromatic heterocycles. The van der Waals surface area contributed by atoms with Gasteiger partial charge in [0.25, 0.3) is 0 Å². The maximum atomic E-state index is 2.79. The monoisotopic (exact) mass is 812 g/mol. The van der Waals surface area contributed by atoms with Crippen LogP contribution in [0.25, 0.3) is 59.5 Å². The molecular formula is C58H45BN2S. The highest BCUT2D eigenvalue weighted by molar-refractivity contribution is 7.32. The number of hydrogen-bond donors (Lipinski definition) is 0. The minimum absolute atomic E-state index is 0.0240. The van der Waals surface area contributed by atoms with Gasteiger partial charge in [-0.05, 0) is 122 Å². The van der Waals surface area contributed by atoms with Crippen molar-refractivity contribution in [2.45, 2.75) is 63.7 Å². The van der Waals surface area contributed by atoms with Gasteiger partial charge in [0.1, 0.15) is 0 Å². The fourth-order valence-electron chi connectivity index (χ4n) is 12.8. The molecule has 0 fully saturated rings. The highest BCUT2D eigenvalue weighted by Gasteiger charge is 2.54. The van der Waals surface area contributed by atoms with Crippen LogP contribution in [0.5, 0.6) is 0 Å². The lowest BCUT2D eigenvalue weighted by molar-refractivity contribution is 0.332. The molecule has 1 aliphatic carbocycles. The van der Waals surface area contributed by atoms with Crippen LogP contribution in [0.1, 0.15) is 79.5 Å². The van der Waals surface area contributed by atoms with E-state index in [1.54, 1.807) is 0 Å². The third-order valence-corrected chi connectivity index (χ3v) is 16.9. The van der Waals surface area contributed by atoms with E-state index in [2.05, 4.69) is 202 Å². The number of rotatable bonds is 2. The molecule has 4 heteroatoms. The Morgan fingerprint density at radius 1 is 0.548 bits per heavy atom. The summed E-state index contributed by atoms with van der Waals surface area (Å²) in [5, 5.41) is 6.69. The summed E-state index contributed by atoms with van der Waals surface area (Å²) in [5.41, 5.74) is 20.1. The Balaban J connectivity index is 1.20. The maximum Gasteiger partial charge on any atom is 0.343 e. The number of anilines is 2. The van der Waals surface area contributed by atoms with E-state index in [1.165, 1.54) is 133 Å². The first-order valence-corrected chi connectivity index (χ1v) is 23.2. The lowest BCUT2D eigenvalue weighted by Crippen LogP contribution is -2.61. The standard InChI is InChI=1S/C58H45BN2S/c1-34-29-40-39-23-16-25-44-52(39)61(47-26-15-14-24-43(47)58(44,37-19-8-6-9-20-37)38-21-10-7-11-22-38)59-51(40)54-50(34)41-30-35-17-12-13-18-36(35)31-48(41)60(54)53-42-32-45-46(33-49(42)62-55(53)59)57(4,5)28-27-56(45,2)3/h6-26,29-33H,27-28H2,1-5H3. The van der Waals surface area contributed by atoms with E-state index in [9.17, 15) is 0 Å². The quantitative estimate of drug-likeness (QED) is 0.158. The molecule has 0 bridgehead atoms. The molecule has 8 aromatic carbocycles. The topological polar surface area (TPSA) is 8.17 Å². The predicted molar refractivity (Wildman–Crippen MR) is 265 cm³/mol. The average molecular weight is 813 g/mol. The summed E-state index contributed by atoms with van der Waals surface area (Å²) in [7, 11) is 0. The number of aryl methyl sites for hydroxylation is 1. The molecule has 10 aromatic rings. The number of fused-ring (bicyclic) bond motifs is 14. The summed E-state index contributed by atoms with van der Waals surface area (Å²) >= 11 is 2.04. The third-order valence-electron chi connectivity index (χ3n) is 15.8. The molecule has 4 aliphatic rings. The first-order chi connectivity index (χ1) is 30.2. The summed E-state index contributed by atoms with van der Waals surface area (Å²) in [6.07, 6.45) is 2.39. The van der Waals surface area contributed by atoms with Gasteiger partial charge in [-0.15, -0.1) is 11.3 Å². The molecule has 0 N–H and O–H groups in total. The van der Waals surface area contributed by atoms with Crippen LogP contribution in [0.4, 0.5) is 11.4 Å². The van der Waals surface area contributed by atoms with Gasteiger partial charge in [0, 0.05) is 42.6 Å². The van der Waals surface area contributed by atoms with Crippen LogP contribution < -0.4 is 15.1 Å². The van der Waals surface area contributed by atoms with Crippen molar-refractivity contribution in [2.75, 3.05) is 4.81 Å². The Morgan fingerprint density at radius 2 is 1.18 bits per heavy atom. The van der Waals surface area contributed by atoms with Crippen molar-refractivity contribution in [3.8, 4) is 16.8 Å². The van der Waals surface area contributed by atoms with Gasteiger partial charge in [0.15, 0.2) is 0 Å². The van der Waals surface area contributed by atoms with Crippen molar-refractivity contribution >= 4 is 82.5 Å². The smallest absolute Gasteiger partial charge is 0.343 e. The summed E-state index contributed by atoms with van der Waals surface area (Å²) in [6.45, 7) is 12.2. The summed E-state index contributed by atoms with van der Waals surface area (Å²) in [5.74, 6) is 0. The Bertz CT molecular complexity index is 3570. The van der Waals surface area contributed by atoms with Crippen LogP contribution in [0.15, 0.2) is 158 Å². The van der Waals surface area contributed by atoms with Crippen molar-refractivity contribution in [1.29, 1.82) is 0 Å². The minimum Gasteiger partial charge on any atom is -0.375 e. The van der Waals surface area contributed by atoms with Crippen LogP contribution in [0, 0.1) is 6.92 Å². The molecule has 0 unspecified atom stereocenters. The molecule has 0 saturated carbocycles. The zero-order chi connectivity index (χ0) is 41.4. The van der Waals surface area contributed by atoms with Crippen LogP contribution in [-0.2, 0) is 16.2 Å². The maximum absolute atomic E-state index is 2.79. The molecule has 296 valence electrons. The van der Waals surface area contributed by atoms with E-state index in [0.29, 0.717) is 0 Å².